The Labute approximate surface area is 64.6 Å². The molecular formula is C6H11N5. The van der Waals surface area contributed by atoms with E-state index in [1.807, 2.05) is 0 Å². The summed E-state index contributed by atoms with van der Waals surface area (Å²) < 4.78 is 0. The lowest BCUT2D eigenvalue weighted by molar-refractivity contribution is 0.750. The molecule has 0 bridgehead atoms. The molecule has 1 aromatic heterocycles. The predicted molar refractivity (Wildman–Crippen MR) is 41.2 cm³/mol. The number of H-pyrrole nitrogens is 1. The molecule has 1 fully saturated rings. The van der Waals surface area contributed by atoms with Crippen molar-refractivity contribution in [2.45, 2.75) is 12.5 Å². The van der Waals surface area contributed by atoms with E-state index in [1.54, 1.807) is 0 Å². The average molecular weight is 153 g/mol. The summed E-state index contributed by atoms with van der Waals surface area (Å²) in [6, 6.07) is 0.292. The highest BCUT2D eigenvalue weighted by Gasteiger charge is 2.20. The first kappa shape index (κ1) is 6.60. The summed E-state index contributed by atoms with van der Waals surface area (Å²) in [5, 5.41) is 6.58. The van der Waals surface area contributed by atoms with Crippen molar-refractivity contribution in [3.8, 4) is 0 Å². The first-order chi connectivity index (χ1) is 5.36. The minimum Gasteiger partial charge on any atom is -0.340 e. The third-order valence-corrected chi connectivity index (χ3v) is 1.93. The SMILES string of the molecule is NC1CCN(c2ncn[nH]2)C1. The summed E-state index contributed by atoms with van der Waals surface area (Å²) in [7, 11) is 0. The summed E-state index contributed by atoms with van der Waals surface area (Å²) in [5.74, 6) is 0.831. The van der Waals surface area contributed by atoms with Crippen LogP contribution in [0.5, 0.6) is 0 Å². The van der Waals surface area contributed by atoms with E-state index in [1.165, 1.54) is 6.33 Å². The van der Waals surface area contributed by atoms with Crippen molar-refractivity contribution < 1.29 is 0 Å². The molecule has 60 valence electrons. The van der Waals surface area contributed by atoms with Crippen molar-refractivity contribution in [1.82, 2.24) is 15.2 Å². The highest BCUT2D eigenvalue weighted by atomic mass is 15.4. The smallest absolute Gasteiger partial charge is 0.221 e. The fourth-order valence-electron chi connectivity index (χ4n) is 1.33. The molecule has 2 rings (SSSR count). The van der Waals surface area contributed by atoms with Crippen LogP contribution in [0.3, 0.4) is 0 Å². The van der Waals surface area contributed by atoms with Crippen molar-refractivity contribution >= 4 is 5.95 Å². The molecular weight excluding hydrogens is 142 g/mol. The summed E-state index contributed by atoms with van der Waals surface area (Å²) >= 11 is 0. The van der Waals surface area contributed by atoms with Gasteiger partial charge in [0.05, 0.1) is 0 Å². The van der Waals surface area contributed by atoms with Crippen LogP contribution < -0.4 is 10.6 Å². The van der Waals surface area contributed by atoms with Crippen molar-refractivity contribution in [3.05, 3.63) is 6.33 Å². The number of nitrogens with one attached hydrogen (secondary N) is 1. The standard InChI is InChI=1S/C6H11N5/c7-5-1-2-11(3-5)6-8-4-9-10-6/h4-5H,1-3,7H2,(H,8,9,10). The molecule has 5 nitrogen and oxygen atoms in total. The van der Waals surface area contributed by atoms with Crippen molar-refractivity contribution in [2.75, 3.05) is 18.0 Å². The monoisotopic (exact) mass is 153 g/mol. The third kappa shape index (κ3) is 1.19. The van der Waals surface area contributed by atoms with Crippen molar-refractivity contribution in [3.63, 3.8) is 0 Å². The van der Waals surface area contributed by atoms with Gasteiger partial charge in [-0.1, -0.05) is 0 Å². The number of aromatic amines is 1. The summed E-state index contributed by atoms with van der Waals surface area (Å²) in [6.45, 7) is 1.87. The fourth-order valence-corrected chi connectivity index (χ4v) is 1.33. The maximum atomic E-state index is 5.73. The Morgan fingerprint density at radius 2 is 2.64 bits per heavy atom. The fraction of sp³-hybridized carbons (Fsp3) is 0.667. The van der Waals surface area contributed by atoms with Gasteiger partial charge < -0.3 is 10.6 Å². The molecule has 1 saturated heterocycles. The lowest BCUT2D eigenvalue weighted by Crippen LogP contribution is -2.26. The molecule has 0 spiro atoms. The molecule has 2 heterocycles. The third-order valence-electron chi connectivity index (χ3n) is 1.93. The summed E-state index contributed by atoms with van der Waals surface area (Å²) in [5.41, 5.74) is 5.73. The summed E-state index contributed by atoms with van der Waals surface area (Å²) in [6.07, 6.45) is 2.56. The van der Waals surface area contributed by atoms with Crippen LogP contribution in [-0.2, 0) is 0 Å². The van der Waals surface area contributed by atoms with E-state index in [0.29, 0.717) is 6.04 Å². The van der Waals surface area contributed by atoms with Crippen LogP contribution >= 0.6 is 0 Å². The zero-order valence-electron chi connectivity index (χ0n) is 6.20. The van der Waals surface area contributed by atoms with Crippen LogP contribution in [0, 0.1) is 0 Å². The molecule has 3 N–H and O–H groups in total. The van der Waals surface area contributed by atoms with Crippen LogP contribution in [0.4, 0.5) is 5.95 Å². The maximum absolute atomic E-state index is 5.73. The summed E-state index contributed by atoms with van der Waals surface area (Å²) in [4.78, 5) is 6.15. The van der Waals surface area contributed by atoms with Gasteiger partial charge in [-0.3, -0.25) is 0 Å². The average Bonchev–Trinajstić information content (AvgIpc) is 2.55. The Balaban J connectivity index is 2.08. The van der Waals surface area contributed by atoms with Crippen LogP contribution in [0.1, 0.15) is 6.42 Å². The van der Waals surface area contributed by atoms with E-state index in [2.05, 4.69) is 20.1 Å². The second-order valence-electron chi connectivity index (χ2n) is 2.80. The van der Waals surface area contributed by atoms with Gasteiger partial charge in [-0.15, -0.1) is 0 Å². The van der Waals surface area contributed by atoms with Crippen molar-refractivity contribution in [2.24, 2.45) is 5.73 Å². The number of anilines is 1. The normalized spacial score (nSPS) is 24.5. The largest absolute Gasteiger partial charge is 0.340 e. The quantitative estimate of drug-likeness (QED) is 0.562. The number of hydrogen-bond acceptors (Lipinski definition) is 4. The van der Waals surface area contributed by atoms with E-state index in [4.69, 9.17) is 5.73 Å². The highest BCUT2D eigenvalue weighted by Crippen LogP contribution is 2.12. The number of hydrogen-bond donors (Lipinski definition) is 2. The van der Waals surface area contributed by atoms with E-state index < -0.39 is 0 Å². The lowest BCUT2D eigenvalue weighted by atomic mass is 10.3. The van der Waals surface area contributed by atoms with Gasteiger partial charge in [0, 0.05) is 19.1 Å². The number of nitrogens with two attached hydrogens (primary N) is 1. The maximum Gasteiger partial charge on any atom is 0.221 e. The van der Waals surface area contributed by atoms with Gasteiger partial charge in [-0.25, -0.2) is 5.10 Å². The second kappa shape index (κ2) is 2.50. The van der Waals surface area contributed by atoms with Crippen LogP contribution in [-0.4, -0.2) is 34.3 Å². The highest BCUT2D eigenvalue weighted by molar-refractivity contribution is 5.29. The van der Waals surface area contributed by atoms with Gasteiger partial charge >= 0.3 is 0 Å². The lowest BCUT2D eigenvalue weighted by Gasteiger charge is -2.12. The van der Waals surface area contributed by atoms with E-state index in [9.17, 15) is 0 Å². The van der Waals surface area contributed by atoms with Gasteiger partial charge in [0.25, 0.3) is 0 Å². The molecule has 0 aliphatic carbocycles. The van der Waals surface area contributed by atoms with Gasteiger partial charge in [-0.05, 0) is 6.42 Å². The number of rotatable bonds is 1. The van der Waals surface area contributed by atoms with Crippen LogP contribution in [0.25, 0.3) is 0 Å². The van der Waals surface area contributed by atoms with Crippen LogP contribution in [0.2, 0.25) is 0 Å². The van der Waals surface area contributed by atoms with Gasteiger partial charge in [0.15, 0.2) is 0 Å². The molecule has 1 aliphatic heterocycles. The minimum atomic E-state index is 0.292. The van der Waals surface area contributed by atoms with E-state index >= 15 is 0 Å². The first-order valence-corrected chi connectivity index (χ1v) is 3.72. The molecule has 0 amide bonds. The Bertz CT molecular complexity index is 219. The number of nitrogens with zero attached hydrogens (tertiary/aromatic N) is 3. The molecule has 11 heavy (non-hydrogen) atoms. The topological polar surface area (TPSA) is 70.8 Å². The van der Waals surface area contributed by atoms with Crippen molar-refractivity contribution in [1.29, 1.82) is 0 Å². The Morgan fingerprint density at radius 3 is 3.18 bits per heavy atom. The Kier molecular flexibility index (Phi) is 1.50. The van der Waals surface area contributed by atoms with E-state index in [-0.39, 0.29) is 0 Å². The molecule has 1 unspecified atom stereocenters. The second-order valence-corrected chi connectivity index (χ2v) is 2.80. The zero-order chi connectivity index (χ0) is 7.68. The molecule has 1 aliphatic rings. The Hall–Kier alpha value is -1.10. The molecule has 0 radical (unpaired) electrons. The van der Waals surface area contributed by atoms with Gasteiger partial charge in [-0.2, -0.15) is 10.1 Å². The molecule has 0 saturated carbocycles. The minimum absolute atomic E-state index is 0.292. The molecule has 1 atom stereocenters. The van der Waals surface area contributed by atoms with Gasteiger partial charge in [0.1, 0.15) is 6.33 Å². The van der Waals surface area contributed by atoms with Crippen LogP contribution in [0.15, 0.2) is 6.33 Å². The molecule has 1 aromatic rings. The molecule has 5 heteroatoms. The van der Waals surface area contributed by atoms with Gasteiger partial charge in [0.2, 0.25) is 5.95 Å². The van der Waals surface area contributed by atoms with E-state index in [0.717, 1.165) is 25.5 Å². The molecule has 0 aromatic carbocycles. The predicted octanol–water partition coefficient (Wildman–Crippen LogP) is -0.658. The first-order valence-electron chi connectivity index (χ1n) is 3.72. The Morgan fingerprint density at radius 1 is 1.73 bits per heavy atom. The number of aromatic nitrogens is 3. The zero-order valence-corrected chi connectivity index (χ0v) is 6.20.